The summed E-state index contributed by atoms with van der Waals surface area (Å²) in [6.07, 6.45) is 3.51. The number of hydrogen-bond acceptors (Lipinski definition) is 3. The molecule has 21 heavy (non-hydrogen) atoms. The van der Waals surface area contributed by atoms with Gasteiger partial charge in [-0.3, -0.25) is 4.79 Å². The summed E-state index contributed by atoms with van der Waals surface area (Å²) in [6.45, 7) is 3.08. The minimum absolute atomic E-state index is 0.1000. The normalized spacial score (nSPS) is 14.7. The number of rotatable bonds is 6. The molecule has 2 rings (SSSR count). The van der Waals surface area contributed by atoms with Crippen molar-refractivity contribution >= 4 is 27.9 Å². The van der Waals surface area contributed by atoms with E-state index in [9.17, 15) is 4.79 Å². The molecule has 1 aromatic rings. The van der Waals surface area contributed by atoms with Crippen molar-refractivity contribution in [2.24, 2.45) is 5.92 Å². The van der Waals surface area contributed by atoms with Crippen molar-refractivity contribution in [2.45, 2.75) is 19.8 Å². The smallest absolute Gasteiger partial charge is 0.250 e. The van der Waals surface area contributed by atoms with Crippen LogP contribution in [0, 0.1) is 5.92 Å². The number of carbonyl (C=O) groups excluding carboxylic acids is 1. The van der Waals surface area contributed by atoms with E-state index in [1.54, 1.807) is 0 Å². The SMILES string of the molecule is CCC(CCO)CNC(=O)C1=Cc2cc(Br)ccc2OC1. The Labute approximate surface area is 133 Å². The molecule has 0 saturated carbocycles. The van der Waals surface area contributed by atoms with Crippen molar-refractivity contribution in [3.63, 3.8) is 0 Å². The number of amides is 1. The van der Waals surface area contributed by atoms with E-state index in [2.05, 4.69) is 28.2 Å². The largest absolute Gasteiger partial charge is 0.488 e. The van der Waals surface area contributed by atoms with Crippen LogP contribution in [0.25, 0.3) is 6.08 Å². The highest BCUT2D eigenvalue weighted by Gasteiger charge is 2.18. The summed E-state index contributed by atoms with van der Waals surface area (Å²) in [4.78, 5) is 12.2. The molecule has 114 valence electrons. The van der Waals surface area contributed by atoms with Crippen molar-refractivity contribution in [3.8, 4) is 5.75 Å². The van der Waals surface area contributed by atoms with Crippen LogP contribution in [-0.2, 0) is 4.79 Å². The summed E-state index contributed by atoms with van der Waals surface area (Å²) in [5.41, 5.74) is 1.53. The summed E-state index contributed by atoms with van der Waals surface area (Å²) in [5, 5.41) is 11.9. The molecule has 1 aromatic carbocycles. The van der Waals surface area contributed by atoms with Gasteiger partial charge in [-0.05, 0) is 36.6 Å². The molecule has 0 radical (unpaired) electrons. The van der Waals surface area contributed by atoms with Crippen LogP contribution in [0.2, 0.25) is 0 Å². The van der Waals surface area contributed by atoms with Gasteiger partial charge in [0, 0.05) is 23.2 Å². The number of aliphatic hydroxyl groups is 1. The number of fused-ring (bicyclic) bond motifs is 1. The number of aliphatic hydroxyl groups excluding tert-OH is 1. The topological polar surface area (TPSA) is 58.6 Å². The third kappa shape index (κ3) is 4.32. The lowest BCUT2D eigenvalue weighted by Crippen LogP contribution is -2.32. The predicted molar refractivity (Wildman–Crippen MR) is 86.1 cm³/mol. The van der Waals surface area contributed by atoms with Crippen LogP contribution >= 0.6 is 15.9 Å². The maximum absolute atomic E-state index is 12.2. The zero-order valence-electron chi connectivity index (χ0n) is 12.1. The molecule has 0 bridgehead atoms. The second-order valence-electron chi connectivity index (χ2n) is 5.14. The molecule has 4 nitrogen and oxygen atoms in total. The molecule has 0 saturated heterocycles. The standard InChI is InChI=1S/C16H20BrNO3/c1-2-11(5-6-19)9-18-16(20)13-7-12-8-14(17)3-4-15(12)21-10-13/h3-4,7-8,11,19H,2,5-6,9-10H2,1H3,(H,18,20). The molecule has 1 aliphatic rings. The Kier molecular flexibility index (Phi) is 5.82. The number of halogens is 1. The maximum Gasteiger partial charge on any atom is 0.250 e. The molecule has 0 aliphatic carbocycles. The second kappa shape index (κ2) is 7.61. The Morgan fingerprint density at radius 3 is 3.05 bits per heavy atom. The van der Waals surface area contributed by atoms with Gasteiger partial charge in [0.1, 0.15) is 12.4 Å². The minimum Gasteiger partial charge on any atom is -0.488 e. The van der Waals surface area contributed by atoms with Crippen LogP contribution in [0.15, 0.2) is 28.2 Å². The van der Waals surface area contributed by atoms with Crippen LogP contribution in [0.4, 0.5) is 0 Å². The van der Waals surface area contributed by atoms with Crippen molar-refractivity contribution in [2.75, 3.05) is 19.8 Å². The summed E-state index contributed by atoms with van der Waals surface area (Å²) in [5.74, 6) is 1.00. The van der Waals surface area contributed by atoms with Gasteiger partial charge >= 0.3 is 0 Å². The molecule has 1 aliphatic heterocycles. The average molecular weight is 354 g/mol. The molecular formula is C16H20BrNO3. The van der Waals surface area contributed by atoms with Crippen molar-refractivity contribution < 1.29 is 14.6 Å². The highest BCUT2D eigenvalue weighted by molar-refractivity contribution is 9.10. The van der Waals surface area contributed by atoms with E-state index in [1.807, 2.05) is 24.3 Å². The van der Waals surface area contributed by atoms with E-state index < -0.39 is 0 Å². The fourth-order valence-electron chi connectivity index (χ4n) is 2.26. The summed E-state index contributed by atoms with van der Waals surface area (Å²) < 4.78 is 6.56. The van der Waals surface area contributed by atoms with Gasteiger partial charge in [-0.25, -0.2) is 0 Å². The van der Waals surface area contributed by atoms with Crippen LogP contribution in [0.3, 0.4) is 0 Å². The van der Waals surface area contributed by atoms with E-state index in [-0.39, 0.29) is 19.1 Å². The number of nitrogens with one attached hydrogen (secondary N) is 1. The average Bonchev–Trinajstić information content (AvgIpc) is 2.50. The van der Waals surface area contributed by atoms with E-state index >= 15 is 0 Å². The Morgan fingerprint density at radius 2 is 2.33 bits per heavy atom. The molecule has 5 heteroatoms. The highest BCUT2D eigenvalue weighted by atomic mass is 79.9. The van der Waals surface area contributed by atoms with E-state index in [1.165, 1.54) is 0 Å². The number of benzene rings is 1. The minimum atomic E-state index is -0.1000. The first-order valence-corrected chi connectivity index (χ1v) is 7.95. The molecule has 1 atom stereocenters. The van der Waals surface area contributed by atoms with E-state index in [4.69, 9.17) is 9.84 Å². The second-order valence-corrected chi connectivity index (χ2v) is 6.05. The highest BCUT2D eigenvalue weighted by Crippen LogP contribution is 2.29. The first-order chi connectivity index (χ1) is 10.1. The van der Waals surface area contributed by atoms with Crippen LogP contribution < -0.4 is 10.1 Å². The Balaban J connectivity index is 2.00. The maximum atomic E-state index is 12.2. The Morgan fingerprint density at radius 1 is 1.52 bits per heavy atom. The van der Waals surface area contributed by atoms with Gasteiger partial charge in [0.15, 0.2) is 0 Å². The number of carbonyl (C=O) groups is 1. The molecule has 0 spiro atoms. The molecule has 1 heterocycles. The van der Waals surface area contributed by atoms with Crippen LogP contribution in [-0.4, -0.2) is 30.8 Å². The first-order valence-electron chi connectivity index (χ1n) is 7.16. The fourth-order valence-corrected chi connectivity index (χ4v) is 2.64. The lowest BCUT2D eigenvalue weighted by Gasteiger charge is -2.19. The Bertz CT molecular complexity index is 542. The van der Waals surface area contributed by atoms with E-state index in [0.717, 1.165) is 22.2 Å². The summed E-state index contributed by atoms with van der Waals surface area (Å²) in [7, 11) is 0. The van der Waals surface area contributed by atoms with Gasteiger partial charge < -0.3 is 15.2 Å². The molecule has 2 N–H and O–H groups in total. The van der Waals surface area contributed by atoms with Gasteiger partial charge in [0.25, 0.3) is 5.91 Å². The quantitative estimate of drug-likeness (QED) is 0.826. The third-order valence-electron chi connectivity index (χ3n) is 3.64. The van der Waals surface area contributed by atoms with E-state index in [0.29, 0.717) is 24.5 Å². The number of hydrogen-bond donors (Lipinski definition) is 2. The lowest BCUT2D eigenvalue weighted by molar-refractivity contribution is -0.118. The molecule has 0 fully saturated rings. The number of ether oxygens (including phenoxy) is 1. The molecule has 1 amide bonds. The van der Waals surface area contributed by atoms with Gasteiger partial charge in [-0.15, -0.1) is 0 Å². The Hall–Kier alpha value is -1.33. The van der Waals surface area contributed by atoms with Gasteiger partial charge in [0.05, 0.1) is 5.57 Å². The zero-order valence-corrected chi connectivity index (χ0v) is 13.6. The zero-order chi connectivity index (χ0) is 15.2. The molecular weight excluding hydrogens is 334 g/mol. The molecule has 1 unspecified atom stereocenters. The van der Waals surface area contributed by atoms with Crippen molar-refractivity contribution in [1.29, 1.82) is 0 Å². The van der Waals surface area contributed by atoms with Gasteiger partial charge in [-0.1, -0.05) is 29.3 Å². The summed E-state index contributed by atoms with van der Waals surface area (Å²) >= 11 is 3.41. The monoisotopic (exact) mass is 353 g/mol. The van der Waals surface area contributed by atoms with Gasteiger partial charge in [-0.2, -0.15) is 0 Å². The first kappa shape index (κ1) is 16.0. The summed E-state index contributed by atoms with van der Waals surface area (Å²) in [6, 6.07) is 5.74. The molecule has 0 aromatic heterocycles. The fraction of sp³-hybridized carbons (Fsp3) is 0.438. The predicted octanol–water partition coefficient (Wildman–Crippen LogP) is 2.75. The van der Waals surface area contributed by atoms with Gasteiger partial charge in [0.2, 0.25) is 0 Å². The lowest BCUT2D eigenvalue weighted by atomic mass is 10.0. The van der Waals surface area contributed by atoms with Crippen LogP contribution in [0.5, 0.6) is 5.75 Å². The third-order valence-corrected chi connectivity index (χ3v) is 4.14. The van der Waals surface area contributed by atoms with Crippen molar-refractivity contribution in [1.82, 2.24) is 5.32 Å². The van der Waals surface area contributed by atoms with Crippen molar-refractivity contribution in [3.05, 3.63) is 33.8 Å². The van der Waals surface area contributed by atoms with Crippen LogP contribution in [0.1, 0.15) is 25.3 Å².